The second kappa shape index (κ2) is 12.6. The van der Waals surface area contributed by atoms with Crippen LogP contribution < -0.4 is 15.1 Å². The highest BCUT2D eigenvalue weighted by Gasteiger charge is 2.35. The zero-order valence-electron chi connectivity index (χ0n) is 26.2. The fraction of sp³-hybridized carbons (Fsp3) is 0.543. The molecule has 4 aliphatic rings. The van der Waals surface area contributed by atoms with Gasteiger partial charge in [0.25, 0.3) is 0 Å². The summed E-state index contributed by atoms with van der Waals surface area (Å²) < 4.78 is 0. The van der Waals surface area contributed by atoms with Crippen molar-refractivity contribution in [1.82, 2.24) is 25.1 Å². The van der Waals surface area contributed by atoms with Crippen LogP contribution in [0, 0.1) is 6.92 Å². The molecule has 224 valence electrons. The highest BCUT2D eigenvalue weighted by Crippen LogP contribution is 2.35. The summed E-state index contributed by atoms with van der Waals surface area (Å²) in [6.07, 6.45) is 5.78. The lowest BCUT2D eigenvalue weighted by molar-refractivity contribution is 0.217. The molecule has 3 aromatic rings. The summed E-state index contributed by atoms with van der Waals surface area (Å²) in [7, 11) is 2.17. The first-order valence-electron chi connectivity index (χ1n) is 16.2. The Morgan fingerprint density at radius 3 is 2.40 bits per heavy atom. The van der Waals surface area contributed by atoms with Gasteiger partial charge in [0, 0.05) is 67.5 Å². The highest BCUT2D eigenvalue weighted by atomic mass is 15.3. The first kappa shape index (κ1) is 28.9. The lowest BCUT2D eigenvalue weighted by atomic mass is 9.99. The van der Waals surface area contributed by atoms with Gasteiger partial charge in [-0.1, -0.05) is 50.8 Å². The van der Waals surface area contributed by atoms with Gasteiger partial charge in [-0.3, -0.25) is 0 Å². The van der Waals surface area contributed by atoms with Crippen molar-refractivity contribution in [3.63, 3.8) is 0 Å². The number of aryl methyl sites for hydroxylation is 2. The predicted octanol–water partition coefficient (Wildman–Crippen LogP) is 5.16. The molecule has 0 bridgehead atoms. The first-order chi connectivity index (χ1) is 20.5. The molecule has 0 amide bonds. The van der Waals surface area contributed by atoms with Crippen molar-refractivity contribution in [1.29, 1.82) is 0 Å². The van der Waals surface area contributed by atoms with Crippen LogP contribution in [0.4, 0.5) is 11.5 Å². The van der Waals surface area contributed by atoms with E-state index >= 15 is 0 Å². The summed E-state index contributed by atoms with van der Waals surface area (Å²) in [6, 6.07) is 14.2. The van der Waals surface area contributed by atoms with Crippen LogP contribution in [0.25, 0.3) is 10.8 Å². The van der Waals surface area contributed by atoms with Crippen molar-refractivity contribution in [2.75, 3.05) is 62.7 Å². The Balaban J connectivity index is 0.000000470. The summed E-state index contributed by atoms with van der Waals surface area (Å²) in [5.74, 6) is 2.14. The maximum atomic E-state index is 5.12. The molecule has 0 spiro atoms. The second-order valence-electron chi connectivity index (χ2n) is 12.5. The number of likely N-dealkylation sites (tertiary alicyclic amines) is 1. The Morgan fingerprint density at radius 1 is 0.976 bits per heavy atom. The molecular weight excluding hydrogens is 518 g/mol. The molecule has 2 unspecified atom stereocenters. The van der Waals surface area contributed by atoms with E-state index < -0.39 is 0 Å². The molecule has 5 heterocycles. The average Bonchev–Trinajstić information content (AvgIpc) is 3.77. The molecule has 7 rings (SSSR count). The topological polar surface area (TPSA) is 60.7 Å². The van der Waals surface area contributed by atoms with E-state index in [1.807, 2.05) is 0 Å². The summed E-state index contributed by atoms with van der Waals surface area (Å²) in [6.45, 7) is 19.6. The minimum absolute atomic E-state index is 0.475. The number of hydrogen-bond donors (Lipinski definition) is 1. The third-order valence-electron chi connectivity index (χ3n) is 9.60. The van der Waals surface area contributed by atoms with E-state index in [0.717, 1.165) is 64.4 Å². The van der Waals surface area contributed by atoms with Crippen molar-refractivity contribution >= 4 is 22.3 Å². The number of hydrogen-bond acceptors (Lipinski definition) is 7. The summed E-state index contributed by atoms with van der Waals surface area (Å²) in [4.78, 5) is 20.1. The standard InChI is InChI=1S/C30H38N6.C5H11N/c1-5-23-18-35(15-16-36(23)21(4)25-17-31-25)30-24-13-14-34(19-26(24)32-28(6-2)33-30)27-12-8-11-22-10-7-9-20(3)29(22)27;1-6-4-2-3-5-6/h7-12,23,25,31H,4-6,13-19H2,1-3H3;2-5H2,1H3. The Hall–Kier alpha value is -3.16. The summed E-state index contributed by atoms with van der Waals surface area (Å²) in [5.41, 5.74) is 6.47. The van der Waals surface area contributed by atoms with E-state index in [-0.39, 0.29) is 0 Å². The Labute approximate surface area is 252 Å². The van der Waals surface area contributed by atoms with Gasteiger partial charge in [0.05, 0.1) is 18.3 Å². The smallest absolute Gasteiger partial charge is 0.136 e. The van der Waals surface area contributed by atoms with Crippen molar-refractivity contribution in [2.45, 2.75) is 71.5 Å². The molecule has 2 atom stereocenters. The van der Waals surface area contributed by atoms with Gasteiger partial charge >= 0.3 is 0 Å². The number of fused-ring (bicyclic) bond motifs is 2. The van der Waals surface area contributed by atoms with Gasteiger partial charge in [-0.15, -0.1) is 0 Å². The maximum absolute atomic E-state index is 5.12. The number of benzene rings is 2. The maximum Gasteiger partial charge on any atom is 0.136 e. The van der Waals surface area contributed by atoms with Gasteiger partial charge in [-0.2, -0.15) is 0 Å². The van der Waals surface area contributed by atoms with E-state index in [1.54, 1.807) is 0 Å². The SMILES string of the molecule is C=C(C1CN1)N1CCN(c2nc(CC)nc3c2CCN(c2cccc4cccc(C)c24)C3)CC1CC.CN1CCCC1. The van der Waals surface area contributed by atoms with Gasteiger partial charge in [0.1, 0.15) is 11.6 Å². The Bertz CT molecular complexity index is 1400. The molecule has 3 saturated heterocycles. The van der Waals surface area contributed by atoms with E-state index in [4.69, 9.17) is 9.97 Å². The van der Waals surface area contributed by atoms with Crippen molar-refractivity contribution < 1.29 is 0 Å². The molecule has 2 aromatic carbocycles. The Kier molecular flexibility index (Phi) is 8.68. The van der Waals surface area contributed by atoms with E-state index in [9.17, 15) is 0 Å². The van der Waals surface area contributed by atoms with Crippen LogP contribution >= 0.6 is 0 Å². The van der Waals surface area contributed by atoms with Crippen LogP contribution in [0.1, 0.15) is 55.8 Å². The molecule has 7 nitrogen and oxygen atoms in total. The molecule has 3 fully saturated rings. The normalized spacial score (nSPS) is 22.1. The van der Waals surface area contributed by atoms with E-state index in [0.29, 0.717) is 12.1 Å². The number of nitrogens with one attached hydrogen (secondary N) is 1. The minimum Gasteiger partial charge on any atom is -0.367 e. The van der Waals surface area contributed by atoms with E-state index in [1.165, 1.54) is 70.7 Å². The van der Waals surface area contributed by atoms with Gasteiger partial charge in [0.2, 0.25) is 0 Å². The zero-order valence-corrected chi connectivity index (χ0v) is 26.2. The Morgan fingerprint density at radius 2 is 1.74 bits per heavy atom. The highest BCUT2D eigenvalue weighted by molar-refractivity contribution is 5.97. The number of piperazine rings is 1. The number of nitrogens with zero attached hydrogens (tertiary/aromatic N) is 6. The minimum atomic E-state index is 0.475. The zero-order chi connectivity index (χ0) is 29.2. The number of anilines is 2. The molecule has 4 aliphatic heterocycles. The second-order valence-corrected chi connectivity index (χ2v) is 12.5. The fourth-order valence-electron chi connectivity index (χ4n) is 7.00. The number of aromatic nitrogens is 2. The number of rotatable bonds is 6. The third kappa shape index (κ3) is 6.00. The van der Waals surface area contributed by atoms with Crippen LogP contribution in [0.2, 0.25) is 0 Å². The summed E-state index contributed by atoms with van der Waals surface area (Å²) in [5, 5.41) is 6.10. The van der Waals surface area contributed by atoms with Crippen LogP contribution in [0.3, 0.4) is 0 Å². The monoisotopic (exact) mass is 567 g/mol. The van der Waals surface area contributed by atoms with Crippen LogP contribution in [0.5, 0.6) is 0 Å². The fourth-order valence-corrected chi connectivity index (χ4v) is 7.00. The summed E-state index contributed by atoms with van der Waals surface area (Å²) >= 11 is 0. The van der Waals surface area contributed by atoms with Crippen molar-refractivity contribution in [2.24, 2.45) is 0 Å². The molecule has 0 aliphatic carbocycles. The quantitative estimate of drug-likeness (QED) is 0.413. The molecule has 42 heavy (non-hydrogen) atoms. The molecule has 7 heteroatoms. The molecular formula is C35H49N7. The van der Waals surface area contributed by atoms with Gasteiger partial charge < -0.3 is 24.9 Å². The van der Waals surface area contributed by atoms with Crippen LogP contribution in [-0.2, 0) is 19.4 Å². The van der Waals surface area contributed by atoms with E-state index in [2.05, 4.69) is 95.7 Å². The molecule has 1 aromatic heterocycles. The van der Waals surface area contributed by atoms with Crippen LogP contribution in [0.15, 0.2) is 48.7 Å². The molecule has 0 radical (unpaired) electrons. The largest absolute Gasteiger partial charge is 0.367 e. The lowest BCUT2D eigenvalue weighted by Gasteiger charge is -2.45. The van der Waals surface area contributed by atoms with Crippen molar-refractivity contribution in [3.8, 4) is 0 Å². The molecule has 0 saturated carbocycles. The van der Waals surface area contributed by atoms with Crippen molar-refractivity contribution in [3.05, 3.63) is 71.3 Å². The third-order valence-corrected chi connectivity index (χ3v) is 9.60. The van der Waals surface area contributed by atoms with Crippen LogP contribution in [-0.4, -0.2) is 84.7 Å². The van der Waals surface area contributed by atoms with Gasteiger partial charge in [0.15, 0.2) is 0 Å². The molecule has 1 N–H and O–H groups in total. The van der Waals surface area contributed by atoms with Gasteiger partial charge in [-0.05, 0) is 69.8 Å². The predicted molar refractivity (Wildman–Crippen MR) is 176 cm³/mol. The van der Waals surface area contributed by atoms with Gasteiger partial charge in [-0.25, -0.2) is 9.97 Å². The first-order valence-corrected chi connectivity index (χ1v) is 16.2. The average molecular weight is 568 g/mol. The lowest BCUT2D eigenvalue weighted by Crippen LogP contribution is -2.53.